The number of nitrogens with one attached hydrogen (secondary N) is 2. The Kier molecular flexibility index (Phi) is 5.86. The Morgan fingerprint density at radius 2 is 1.62 bits per heavy atom. The molecule has 150 valence electrons. The molecule has 3 aromatic carbocycles. The molecule has 0 unspecified atom stereocenters. The van der Waals surface area contributed by atoms with Gasteiger partial charge < -0.3 is 5.32 Å². The summed E-state index contributed by atoms with van der Waals surface area (Å²) < 4.78 is 54.3. The van der Waals surface area contributed by atoms with Crippen molar-refractivity contribution in [1.29, 1.82) is 0 Å². The summed E-state index contributed by atoms with van der Waals surface area (Å²) in [7, 11) is -3.91. The number of rotatable bonds is 5. The highest BCUT2D eigenvalue weighted by atomic mass is 35.5. The summed E-state index contributed by atoms with van der Waals surface area (Å²) in [6.45, 7) is 1.67. The molecule has 0 fully saturated rings. The Morgan fingerprint density at radius 3 is 2.28 bits per heavy atom. The molecule has 0 saturated heterocycles. The van der Waals surface area contributed by atoms with Crippen molar-refractivity contribution in [2.24, 2.45) is 0 Å². The Morgan fingerprint density at radius 1 is 0.931 bits per heavy atom. The lowest BCUT2D eigenvalue weighted by Crippen LogP contribution is -2.16. The van der Waals surface area contributed by atoms with E-state index in [-0.39, 0.29) is 21.8 Å². The molecule has 1 amide bonds. The van der Waals surface area contributed by atoms with Crippen molar-refractivity contribution in [3.05, 3.63) is 88.4 Å². The fraction of sp³-hybridized carbons (Fsp3) is 0.0500. The number of sulfonamides is 1. The number of amides is 1. The molecule has 9 heteroatoms. The summed E-state index contributed by atoms with van der Waals surface area (Å²) in [5, 5.41) is 2.72. The summed E-state index contributed by atoms with van der Waals surface area (Å²) in [4.78, 5) is 12.4. The van der Waals surface area contributed by atoms with Gasteiger partial charge in [-0.25, -0.2) is 17.2 Å². The number of carbonyl (C=O) groups excluding carboxylic acids is 1. The third-order valence-electron chi connectivity index (χ3n) is 4.05. The van der Waals surface area contributed by atoms with E-state index in [1.165, 1.54) is 36.4 Å². The molecular weight excluding hydrogens is 422 g/mol. The highest BCUT2D eigenvalue weighted by Gasteiger charge is 2.17. The van der Waals surface area contributed by atoms with E-state index in [2.05, 4.69) is 10.0 Å². The number of anilines is 2. The van der Waals surface area contributed by atoms with Gasteiger partial charge in [0.2, 0.25) is 0 Å². The van der Waals surface area contributed by atoms with Crippen LogP contribution in [0.2, 0.25) is 5.02 Å². The predicted molar refractivity (Wildman–Crippen MR) is 108 cm³/mol. The van der Waals surface area contributed by atoms with Crippen LogP contribution in [-0.4, -0.2) is 14.3 Å². The first-order valence-electron chi connectivity index (χ1n) is 8.31. The highest BCUT2D eigenvalue weighted by Crippen LogP contribution is 2.23. The Labute approximate surface area is 171 Å². The van der Waals surface area contributed by atoms with E-state index >= 15 is 0 Å². The SMILES string of the molecule is Cc1ccc(C(=O)Nc2ccc(F)cc2F)cc1NS(=O)(=O)c1ccc(Cl)cc1. The van der Waals surface area contributed by atoms with Crippen LogP contribution in [-0.2, 0) is 10.0 Å². The number of carbonyl (C=O) groups is 1. The van der Waals surface area contributed by atoms with Gasteiger partial charge >= 0.3 is 0 Å². The van der Waals surface area contributed by atoms with Crippen LogP contribution in [0.3, 0.4) is 0 Å². The molecular formula is C20H15ClF2N2O3S. The lowest BCUT2D eigenvalue weighted by Gasteiger charge is -2.13. The first-order chi connectivity index (χ1) is 13.7. The summed E-state index contributed by atoms with van der Waals surface area (Å²) in [5.74, 6) is -2.37. The van der Waals surface area contributed by atoms with E-state index in [4.69, 9.17) is 11.6 Å². The van der Waals surface area contributed by atoms with Gasteiger partial charge in [-0.3, -0.25) is 9.52 Å². The molecule has 2 N–H and O–H groups in total. The second kappa shape index (κ2) is 8.18. The standard InChI is InChI=1S/C20H15ClF2N2O3S/c1-12-2-3-13(20(26)24-18-9-6-15(22)11-17(18)23)10-19(12)25-29(27,28)16-7-4-14(21)5-8-16/h2-11,25H,1H3,(H,24,26). The van der Waals surface area contributed by atoms with Crippen LogP contribution in [0.5, 0.6) is 0 Å². The first-order valence-corrected chi connectivity index (χ1v) is 10.2. The smallest absolute Gasteiger partial charge is 0.261 e. The lowest BCUT2D eigenvalue weighted by atomic mass is 10.1. The van der Waals surface area contributed by atoms with E-state index < -0.39 is 27.6 Å². The normalized spacial score (nSPS) is 11.2. The molecule has 0 radical (unpaired) electrons. The van der Waals surface area contributed by atoms with Gasteiger partial charge in [-0.05, 0) is 61.0 Å². The fourth-order valence-electron chi connectivity index (χ4n) is 2.48. The third-order valence-corrected chi connectivity index (χ3v) is 5.68. The molecule has 0 atom stereocenters. The highest BCUT2D eigenvalue weighted by molar-refractivity contribution is 7.92. The number of benzene rings is 3. The molecule has 29 heavy (non-hydrogen) atoms. The van der Waals surface area contributed by atoms with Crippen molar-refractivity contribution in [2.75, 3.05) is 10.0 Å². The number of hydrogen-bond acceptors (Lipinski definition) is 3. The molecule has 0 heterocycles. The topological polar surface area (TPSA) is 75.3 Å². The minimum atomic E-state index is -3.91. The van der Waals surface area contributed by atoms with E-state index in [0.717, 1.165) is 12.1 Å². The minimum Gasteiger partial charge on any atom is -0.319 e. The summed E-state index contributed by atoms with van der Waals surface area (Å²) in [6.07, 6.45) is 0. The van der Waals surface area contributed by atoms with Crippen LogP contribution in [0.1, 0.15) is 15.9 Å². The maximum absolute atomic E-state index is 13.8. The molecule has 0 aliphatic heterocycles. The van der Waals surface area contributed by atoms with Gasteiger partial charge in [-0.1, -0.05) is 17.7 Å². The number of halogens is 3. The van der Waals surface area contributed by atoms with Gasteiger partial charge in [0.25, 0.3) is 15.9 Å². The van der Waals surface area contributed by atoms with Crippen molar-refractivity contribution in [1.82, 2.24) is 0 Å². The monoisotopic (exact) mass is 436 g/mol. The zero-order chi connectivity index (χ0) is 21.2. The summed E-state index contributed by atoms with van der Waals surface area (Å²) in [6, 6.07) is 12.7. The molecule has 5 nitrogen and oxygen atoms in total. The van der Waals surface area contributed by atoms with Crippen molar-refractivity contribution >= 4 is 38.9 Å². The van der Waals surface area contributed by atoms with Gasteiger partial charge in [-0.15, -0.1) is 0 Å². The van der Waals surface area contributed by atoms with Crippen molar-refractivity contribution < 1.29 is 22.0 Å². The van der Waals surface area contributed by atoms with E-state index in [9.17, 15) is 22.0 Å². The maximum atomic E-state index is 13.8. The van der Waals surface area contributed by atoms with Gasteiger partial charge in [0.1, 0.15) is 11.6 Å². The van der Waals surface area contributed by atoms with Crippen LogP contribution < -0.4 is 10.0 Å². The Bertz CT molecular complexity index is 1180. The lowest BCUT2D eigenvalue weighted by molar-refractivity contribution is 0.102. The van der Waals surface area contributed by atoms with E-state index in [1.54, 1.807) is 13.0 Å². The van der Waals surface area contributed by atoms with Crippen molar-refractivity contribution in [3.63, 3.8) is 0 Å². The minimum absolute atomic E-state index is 0.00420. The van der Waals surface area contributed by atoms with Crippen molar-refractivity contribution in [2.45, 2.75) is 11.8 Å². The van der Waals surface area contributed by atoms with E-state index in [0.29, 0.717) is 16.7 Å². The van der Waals surface area contributed by atoms with Crippen molar-refractivity contribution in [3.8, 4) is 0 Å². The third kappa shape index (κ3) is 4.90. The fourth-order valence-corrected chi connectivity index (χ4v) is 3.72. The van der Waals surface area contributed by atoms with E-state index in [1.807, 2.05) is 0 Å². The predicted octanol–water partition coefficient (Wildman–Crippen LogP) is 4.98. The second-order valence-electron chi connectivity index (χ2n) is 6.17. The molecule has 0 saturated carbocycles. The molecule has 0 aliphatic rings. The van der Waals surface area contributed by atoms with Crippen LogP contribution in [0.4, 0.5) is 20.2 Å². The molecule has 0 aliphatic carbocycles. The zero-order valence-electron chi connectivity index (χ0n) is 15.0. The summed E-state index contributed by atoms with van der Waals surface area (Å²) >= 11 is 5.78. The average molecular weight is 437 g/mol. The molecule has 3 aromatic rings. The van der Waals surface area contributed by atoms with Crippen LogP contribution >= 0.6 is 11.6 Å². The molecule has 0 aromatic heterocycles. The average Bonchev–Trinajstić information content (AvgIpc) is 2.66. The van der Waals surface area contributed by atoms with Crippen LogP contribution in [0, 0.1) is 18.6 Å². The maximum Gasteiger partial charge on any atom is 0.261 e. The molecule has 3 rings (SSSR count). The van der Waals surface area contributed by atoms with Crippen LogP contribution in [0.25, 0.3) is 0 Å². The zero-order valence-corrected chi connectivity index (χ0v) is 16.6. The first kappa shape index (κ1) is 20.8. The van der Waals surface area contributed by atoms with Gasteiger partial charge in [0.05, 0.1) is 16.3 Å². The quantitative estimate of drug-likeness (QED) is 0.592. The largest absolute Gasteiger partial charge is 0.319 e. The van der Waals surface area contributed by atoms with Gasteiger partial charge in [-0.2, -0.15) is 0 Å². The van der Waals surface area contributed by atoms with Gasteiger partial charge in [0, 0.05) is 16.7 Å². The number of aryl methyl sites for hydroxylation is 1. The Balaban J connectivity index is 1.85. The molecule has 0 bridgehead atoms. The Hall–Kier alpha value is -2.97. The van der Waals surface area contributed by atoms with Gasteiger partial charge in [0.15, 0.2) is 0 Å². The summed E-state index contributed by atoms with van der Waals surface area (Å²) in [5.41, 5.74) is 0.660. The number of hydrogen-bond donors (Lipinski definition) is 2. The van der Waals surface area contributed by atoms with Crippen LogP contribution in [0.15, 0.2) is 65.6 Å². The molecule has 0 spiro atoms. The second-order valence-corrected chi connectivity index (χ2v) is 8.29.